The molecule has 4 nitrogen and oxygen atoms in total. The molecule has 0 aliphatic carbocycles. The van der Waals surface area contributed by atoms with E-state index in [2.05, 4.69) is 5.32 Å². The summed E-state index contributed by atoms with van der Waals surface area (Å²) in [5.74, 6) is 0.0965. The normalized spacial score (nSPS) is 18.7. The molecule has 4 heteroatoms. The molecule has 0 spiro atoms. The highest BCUT2D eigenvalue weighted by Crippen LogP contribution is 2.22. The SMILES string of the molecule is CCNc1ccc(C)cc1C(=O)N1CCC(OC)C1. The first-order chi connectivity index (χ1) is 9.15. The highest BCUT2D eigenvalue weighted by atomic mass is 16.5. The van der Waals surface area contributed by atoms with Crippen LogP contribution in [0.2, 0.25) is 0 Å². The number of nitrogens with one attached hydrogen (secondary N) is 1. The van der Waals surface area contributed by atoms with Gasteiger partial charge in [0.25, 0.3) is 5.91 Å². The van der Waals surface area contributed by atoms with E-state index >= 15 is 0 Å². The van der Waals surface area contributed by atoms with Crippen molar-refractivity contribution in [3.05, 3.63) is 29.3 Å². The van der Waals surface area contributed by atoms with E-state index in [0.717, 1.165) is 36.3 Å². The number of hydrogen-bond acceptors (Lipinski definition) is 3. The largest absolute Gasteiger partial charge is 0.385 e. The maximum Gasteiger partial charge on any atom is 0.256 e. The van der Waals surface area contributed by atoms with Crippen molar-refractivity contribution in [3.8, 4) is 0 Å². The van der Waals surface area contributed by atoms with Gasteiger partial charge in [0.2, 0.25) is 0 Å². The van der Waals surface area contributed by atoms with Crippen LogP contribution in [0.1, 0.15) is 29.3 Å². The molecule has 1 aromatic carbocycles. The fourth-order valence-corrected chi connectivity index (χ4v) is 2.46. The second-order valence-electron chi connectivity index (χ2n) is 4.98. The van der Waals surface area contributed by atoms with Gasteiger partial charge in [-0.05, 0) is 32.4 Å². The molecular formula is C15H22N2O2. The monoisotopic (exact) mass is 262 g/mol. The van der Waals surface area contributed by atoms with Gasteiger partial charge in [0.1, 0.15) is 0 Å². The van der Waals surface area contributed by atoms with E-state index in [9.17, 15) is 4.79 Å². The molecule has 1 aliphatic heterocycles. The van der Waals surface area contributed by atoms with Crippen molar-refractivity contribution in [2.45, 2.75) is 26.4 Å². The molecule has 0 bridgehead atoms. The van der Waals surface area contributed by atoms with E-state index in [1.165, 1.54) is 0 Å². The van der Waals surface area contributed by atoms with Crippen molar-refractivity contribution in [1.82, 2.24) is 4.90 Å². The van der Waals surface area contributed by atoms with Crippen molar-refractivity contribution in [2.75, 3.05) is 32.1 Å². The van der Waals surface area contributed by atoms with Gasteiger partial charge in [0.15, 0.2) is 0 Å². The first kappa shape index (κ1) is 13.9. The summed E-state index contributed by atoms with van der Waals surface area (Å²) in [5, 5.41) is 3.25. The molecule has 104 valence electrons. The van der Waals surface area contributed by atoms with Gasteiger partial charge < -0.3 is 15.0 Å². The van der Waals surface area contributed by atoms with Crippen molar-refractivity contribution < 1.29 is 9.53 Å². The smallest absolute Gasteiger partial charge is 0.256 e. The molecule has 1 aromatic rings. The number of amides is 1. The maximum atomic E-state index is 12.6. The molecule has 19 heavy (non-hydrogen) atoms. The molecule has 1 aliphatic rings. The van der Waals surface area contributed by atoms with Crippen LogP contribution in [0.3, 0.4) is 0 Å². The number of carbonyl (C=O) groups is 1. The van der Waals surface area contributed by atoms with Crippen LogP contribution in [0, 0.1) is 6.92 Å². The zero-order valence-corrected chi connectivity index (χ0v) is 11.9. The molecule has 2 rings (SSSR count). The van der Waals surface area contributed by atoms with E-state index in [0.29, 0.717) is 6.54 Å². The molecule has 1 saturated heterocycles. The van der Waals surface area contributed by atoms with Crippen LogP contribution in [0.5, 0.6) is 0 Å². The van der Waals surface area contributed by atoms with Gasteiger partial charge in [-0.1, -0.05) is 11.6 Å². The van der Waals surface area contributed by atoms with E-state index in [1.807, 2.05) is 36.9 Å². The molecular weight excluding hydrogens is 240 g/mol. The van der Waals surface area contributed by atoms with Crippen LogP contribution in [0.25, 0.3) is 0 Å². The molecule has 1 atom stereocenters. The number of carbonyl (C=O) groups excluding carboxylic acids is 1. The first-order valence-corrected chi connectivity index (χ1v) is 6.82. The highest BCUT2D eigenvalue weighted by molar-refractivity contribution is 6.00. The van der Waals surface area contributed by atoms with Gasteiger partial charge in [-0.2, -0.15) is 0 Å². The Bertz CT molecular complexity index is 459. The third-order valence-corrected chi connectivity index (χ3v) is 3.54. The van der Waals surface area contributed by atoms with Crippen LogP contribution in [-0.2, 0) is 4.74 Å². The number of aryl methyl sites for hydroxylation is 1. The molecule has 1 amide bonds. The van der Waals surface area contributed by atoms with Gasteiger partial charge in [0, 0.05) is 32.4 Å². The van der Waals surface area contributed by atoms with E-state index < -0.39 is 0 Å². The Kier molecular flexibility index (Phi) is 4.43. The average molecular weight is 262 g/mol. The number of benzene rings is 1. The van der Waals surface area contributed by atoms with E-state index in [1.54, 1.807) is 7.11 Å². The number of likely N-dealkylation sites (tertiary alicyclic amines) is 1. The Morgan fingerprint density at radius 3 is 2.95 bits per heavy atom. The summed E-state index contributed by atoms with van der Waals surface area (Å²) in [4.78, 5) is 14.5. The predicted octanol–water partition coefficient (Wildman–Crippen LogP) is 2.29. The minimum absolute atomic E-state index is 0.0965. The standard InChI is InChI=1S/C15H22N2O2/c1-4-16-14-6-5-11(2)9-13(14)15(18)17-8-7-12(10-17)19-3/h5-6,9,12,16H,4,7-8,10H2,1-3H3. The van der Waals surface area contributed by atoms with Crippen LogP contribution in [0.4, 0.5) is 5.69 Å². The number of anilines is 1. The molecule has 1 N–H and O–H groups in total. The summed E-state index contributed by atoms with van der Waals surface area (Å²) in [6.45, 7) is 6.31. The van der Waals surface area contributed by atoms with E-state index in [4.69, 9.17) is 4.74 Å². The summed E-state index contributed by atoms with van der Waals surface area (Å²) >= 11 is 0. The molecule has 1 heterocycles. The lowest BCUT2D eigenvalue weighted by Crippen LogP contribution is -2.30. The molecule has 0 radical (unpaired) electrons. The lowest BCUT2D eigenvalue weighted by molar-refractivity contribution is 0.0725. The average Bonchev–Trinajstić information content (AvgIpc) is 2.89. The lowest BCUT2D eigenvalue weighted by atomic mass is 10.1. The lowest BCUT2D eigenvalue weighted by Gasteiger charge is -2.19. The highest BCUT2D eigenvalue weighted by Gasteiger charge is 2.27. The van der Waals surface area contributed by atoms with Crippen LogP contribution in [0.15, 0.2) is 18.2 Å². The van der Waals surface area contributed by atoms with Gasteiger partial charge in [-0.3, -0.25) is 4.79 Å². The number of nitrogens with zero attached hydrogens (tertiary/aromatic N) is 1. The summed E-state index contributed by atoms with van der Waals surface area (Å²) in [6.07, 6.45) is 1.10. The van der Waals surface area contributed by atoms with Crippen molar-refractivity contribution >= 4 is 11.6 Å². The number of ether oxygens (including phenoxy) is 1. The Morgan fingerprint density at radius 1 is 1.53 bits per heavy atom. The summed E-state index contributed by atoms with van der Waals surface area (Å²) in [7, 11) is 1.70. The van der Waals surface area contributed by atoms with Gasteiger partial charge in [-0.15, -0.1) is 0 Å². The van der Waals surface area contributed by atoms with Crippen LogP contribution in [-0.4, -0.2) is 43.7 Å². The third-order valence-electron chi connectivity index (χ3n) is 3.54. The Labute approximate surface area is 114 Å². The zero-order chi connectivity index (χ0) is 13.8. The second kappa shape index (κ2) is 6.06. The van der Waals surface area contributed by atoms with Crippen LogP contribution >= 0.6 is 0 Å². The molecule has 0 aromatic heterocycles. The fourth-order valence-electron chi connectivity index (χ4n) is 2.46. The van der Waals surface area contributed by atoms with Crippen molar-refractivity contribution in [1.29, 1.82) is 0 Å². The van der Waals surface area contributed by atoms with E-state index in [-0.39, 0.29) is 12.0 Å². The molecule has 0 saturated carbocycles. The van der Waals surface area contributed by atoms with Crippen molar-refractivity contribution in [2.24, 2.45) is 0 Å². The van der Waals surface area contributed by atoms with Gasteiger partial charge in [0.05, 0.1) is 11.7 Å². The summed E-state index contributed by atoms with van der Waals surface area (Å²) < 4.78 is 5.32. The Hall–Kier alpha value is -1.55. The third kappa shape index (κ3) is 3.07. The van der Waals surface area contributed by atoms with Gasteiger partial charge in [-0.25, -0.2) is 0 Å². The number of hydrogen-bond donors (Lipinski definition) is 1. The van der Waals surface area contributed by atoms with Crippen LogP contribution < -0.4 is 5.32 Å². The Balaban J connectivity index is 2.20. The molecule has 1 fully saturated rings. The Morgan fingerprint density at radius 2 is 2.32 bits per heavy atom. The quantitative estimate of drug-likeness (QED) is 0.905. The maximum absolute atomic E-state index is 12.6. The van der Waals surface area contributed by atoms with Gasteiger partial charge >= 0.3 is 0 Å². The number of rotatable bonds is 4. The second-order valence-corrected chi connectivity index (χ2v) is 4.98. The minimum atomic E-state index is 0.0965. The zero-order valence-electron chi connectivity index (χ0n) is 11.9. The first-order valence-electron chi connectivity index (χ1n) is 6.82. The van der Waals surface area contributed by atoms with Crippen molar-refractivity contribution in [3.63, 3.8) is 0 Å². The topological polar surface area (TPSA) is 41.6 Å². The minimum Gasteiger partial charge on any atom is -0.385 e. The number of methoxy groups -OCH3 is 1. The predicted molar refractivity (Wildman–Crippen MR) is 76.7 cm³/mol. The molecule has 1 unspecified atom stereocenters. The summed E-state index contributed by atoms with van der Waals surface area (Å²) in [5.41, 5.74) is 2.78. The fraction of sp³-hybridized carbons (Fsp3) is 0.533. The summed E-state index contributed by atoms with van der Waals surface area (Å²) in [6, 6.07) is 5.97.